The van der Waals surface area contributed by atoms with Crippen LogP contribution in [0.25, 0.3) is 11.1 Å². The highest BCUT2D eigenvalue weighted by Crippen LogP contribution is 2.30. The van der Waals surface area contributed by atoms with E-state index in [0.717, 1.165) is 44.9 Å². The minimum atomic E-state index is -1.28. The summed E-state index contributed by atoms with van der Waals surface area (Å²) in [6.45, 7) is 5.10. The van der Waals surface area contributed by atoms with Crippen molar-refractivity contribution in [1.29, 1.82) is 0 Å². The van der Waals surface area contributed by atoms with Gasteiger partial charge in [0.2, 0.25) is 11.6 Å². The predicted octanol–water partition coefficient (Wildman–Crippen LogP) is 10.9. The predicted molar refractivity (Wildman–Crippen MR) is 166 cm³/mol. The fraction of sp³-hybridized carbons (Fsp3) is 0.472. The summed E-state index contributed by atoms with van der Waals surface area (Å²) in [4.78, 5) is 12.6. The van der Waals surface area contributed by atoms with E-state index >= 15 is 0 Å². The van der Waals surface area contributed by atoms with E-state index in [-0.39, 0.29) is 23.7 Å². The zero-order valence-corrected chi connectivity index (χ0v) is 25.6. The maximum absolute atomic E-state index is 14.7. The van der Waals surface area contributed by atoms with Crippen molar-refractivity contribution in [2.45, 2.75) is 97.3 Å². The van der Waals surface area contributed by atoms with Gasteiger partial charge in [-0.05, 0) is 60.4 Å². The normalized spacial score (nSPS) is 11.0. The summed E-state index contributed by atoms with van der Waals surface area (Å²) in [6.07, 6.45) is 14.4. The Kier molecular flexibility index (Phi) is 15.0. The Balaban J connectivity index is 1.49. The molecule has 43 heavy (non-hydrogen) atoms. The first-order chi connectivity index (χ1) is 20.9. The number of ether oxygens (including phenoxy) is 3. The number of hydrogen-bond donors (Lipinski definition) is 0. The maximum Gasteiger partial charge on any atom is 0.343 e. The van der Waals surface area contributed by atoms with Gasteiger partial charge in [-0.3, -0.25) is 0 Å². The molecule has 0 N–H and O–H groups in total. The second-order valence-corrected chi connectivity index (χ2v) is 10.9. The fourth-order valence-corrected chi connectivity index (χ4v) is 4.77. The number of carbonyl (C=O) groups excluding carboxylic acids is 1. The molecule has 0 spiro atoms. The SMILES string of the molecule is CCCCCCCCCOc1ccc(-c2ccc(C(=O)Oc3ccc(OCCCCCCCC)c(F)c3F)cc2)cc1F. The van der Waals surface area contributed by atoms with Crippen LogP contribution in [0.15, 0.2) is 54.6 Å². The van der Waals surface area contributed by atoms with E-state index in [4.69, 9.17) is 14.2 Å². The second-order valence-electron chi connectivity index (χ2n) is 10.9. The van der Waals surface area contributed by atoms with Crippen molar-refractivity contribution < 1.29 is 32.2 Å². The van der Waals surface area contributed by atoms with Crippen LogP contribution < -0.4 is 14.2 Å². The van der Waals surface area contributed by atoms with E-state index in [2.05, 4.69) is 13.8 Å². The second kappa shape index (κ2) is 18.9. The van der Waals surface area contributed by atoms with Gasteiger partial charge in [0.15, 0.2) is 23.1 Å². The first-order valence-electron chi connectivity index (χ1n) is 15.8. The minimum absolute atomic E-state index is 0.141. The van der Waals surface area contributed by atoms with Crippen molar-refractivity contribution in [2.24, 2.45) is 0 Å². The molecular weight excluding hydrogens is 553 g/mol. The monoisotopic (exact) mass is 598 g/mol. The molecule has 0 unspecified atom stereocenters. The minimum Gasteiger partial charge on any atom is -0.491 e. The lowest BCUT2D eigenvalue weighted by molar-refractivity contribution is 0.0726. The molecule has 0 bridgehead atoms. The number of rotatable bonds is 20. The summed E-state index contributed by atoms with van der Waals surface area (Å²) >= 11 is 0. The van der Waals surface area contributed by atoms with Crippen LogP contribution in [0.2, 0.25) is 0 Å². The van der Waals surface area contributed by atoms with E-state index in [1.54, 1.807) is 24.3 Å². The molecule has 0 aliphatic carbocycles. The molecule has 3 aromatic rings. The number of carbonyl (C=O) groups is 1. The zero-order chi connectivity index (χ0) is 30.9. The van der Waals surface area contributed by atoms with Gasteiger partial charge in [-0.25, -0.2) is 9.18 Å². The summed E-state index contributed by atoms with van der Waals surface area (Å²) in [7, 11) is 0. The smallest absolute Gasteiger partial charge is 0.343 e. The van der Waals surface area contributed by atoms with Gasteiger partial charge in [-0.15, -0.1) is 0 Å². The van der Waals surface area contributed by atoms with Crippen LogP contribution in [0.5, 0.6) is 17.2 Å². The lowest BCUT2D eigenvalue weighted by atomic mass is 10.0. The van der Waals surface area contributed by atoms with Crippen molar-refractivity contribution >= 4 is 5.97 Å². The number of benzene rings is 3. The van der Waals surface area contributed by atoms with Gasteiger partial charge in [0, 0.05) is 0 Å². The Labute approximate surface area is 254 Å². The highest BCUT2D eigenvalue weighted by atomic mass is 19.2. The van der Waals surface area contributed by atoms with Crippen LogP contribution in [0.4, 0.5) is 13.2 Å². The van der Waals surface area contributed by atoms with Crippen LogP contribution in [-0.4, -0.2) is 19.2 Å². The molecule has 0 aliphatic rings. The molecule has 0 aliphatic heterocycles. The van der Waals surface area contributed by atoms with Gasteiger partial charge in [0.1, 0.15) is 0 Å². The van der Waals surface area contributed by atoms with Gasteiger partial charge in [-0.1, -0.05) is 103 Å². The average Bonchev–Trinajstić information content (AvgIpc) is 3.02. The van der Waals surface area contributed by atoms with Crippen LogP contribution in [0, 0.1) is 17.5 Å². The third-order valence-corrected chi connectivity index (χ3v) is 7.36. The van der Waals surface area contributed by atoms with Crippen molar-refractivity contribution in [3.05, 3.63) is 77.6 Å². The summed E-state index contributed by atoms with van der Waals surface area (Å²) in [5.41, 5.74) is 1.44. The summed E-state index contributed by atoms with van der Waals surface area (Å²) in [5.74, 6) is -4.29. The van der Waals surface area contributed by atoms with Gasteiger partial charge < -0.3 is 14.2 Å². The summed E-state index contributed by atoms with van der Waals surface area (Å²) in [5, 5.41) is 0. The quantitative estimate of drug-likeness (QED) is 0.0737. The van der Waals surface area contributed by atoms with Gasteiger partial charge in [0.05, 0.1) is 18.8 Å². The molecule has 0 saturated heterocycles. The number of halogens is 3. The standard InChI is InChI=1S/C36H45F3O4/c1-3-5-7-9-11-13-14-24-41-31-21-20-29(26-30(31)37)27-16-18-28(19-17-27)36(40)43-33-23-22-32(34(38)35(33)39)42-25-15-12-10-8-6-4-2/h16-23,26H,3-15,24-25H2,1-2H3. The molecule has 3 rings (SSSR count). The van der Waals surface area contributed by atoms with E-state index in [9.17, 15) is 18.0 Å². The molecule has 3 aromatic carbocycles. The molecular formula is C36H45F3O4. The summed E-state index contributed by atoms with van der Waals surface area (Å²) < 4.78 is 59.9. The maximum atomic E-state index is 14.7. The third kappa shape index (κ3) is 11.3. The van der Waals surface area contributed by atoms with E-state index < -0.39 is 29.2 Å². The highest BCUT2D eigenvalue weighted by molar-refractivity contribution is 5.91. The van der Waals surface area contributed by atoms with Crippen molar-refractivity contribution in [2.75, 3.05) is 13.2 Å². The Bertz CT molecular complexity index is 1260. The molecule has 4 nitrogen and oxygen atoms in total. The fourth-order valence-electron chi connectivity index (χ4n) is 4.77. The van der Waals surface area contributed by atoms with Gasteiger partial charge in [-0.2, -0.15) is 8.78 Å². The molecule has 234 valence electrons. The summed E-state index contributed by atoms with van der Waals surface area (Å²) in [6, 6.07) is 13.5. The number of hydrogen-bond acceptors (Lipinski definition) is 4. The van der Waals surface area contributed by atoms with Crippen molar-refractivity contribution in [3.63, 3.8) is 0 Å². The van der Waals surface area contributed by atoms with Crippen LogP contribution >= 0.6 is 0 Å². The molecule has 7 heteroatoms. The Morgan fingerprint density at radius 1 is 0.558 bits per heavy atom. The Hall–Kier alpha value is -3.48. The van der Waals surface area contributed by atoms with Crippen LogP contribution in [0.3, 0.4) is 0 Å². The molecule has 0 atom stereocenters. The van der Waals surface area contributed by atoms with E-state index in [0.29, 0.717) is 17.7 Å². The van der Waals surface area contributed by atoms with Crippen LogP contribution in [0.1, 0.15) is 108 Å². The first-order valence-corrected chi connectivity index (χ1v) is 15.8. The molecule has 0 amide bonds. The van der Waals surface area contributed by atoms with E-state index in [1.807, 2.05) is 0 Å². The number of esters is 1. The largest absolute Gasteiger partial charge is 0.491 e. The lowest BCUT2D eigenvalue weighted by Gasteiger charge is -2.11. The van der Waals surface area contributed by atoms with Crippen LogP contribution in [-0.2, 0) is 0 Å². The van der Waals surface area contributed by atoms with Crippen molar-refractivity contribution in [3.8, 4) is 28.4 Å². The Morgan fingerprint density at radius 2 is 1.02 bits per heavy atom. The molecule has 0 radical (unpaired) electrons. The Morgan fingerprint density at radius 3 is 1.60 bits per heavy atom. The zero-order valence-electron chi connectivity index (χ0n) is 25.6. The van der Waals surface area contributed by atoms with Crippen molar-refractivity contribution in [1.82, 2.24) is 0 Å². The molecule has 0 fully saturated rings. The molecule has 0 saturated carbocycles. The third-order valence-electron chi connectivity index (χ3n) is 7.36. The first kappa shape index (κ1) is 34.0. The average molecular weight is 599 g/mol. The lowest BCUT2D eigenvalue weighted by Crippen LogP contribution is -2.10. The highest BCUT2D eigenvalue weighted by Gasteiger charge is 2.19. The number of unbranched alkanes of at least 4 members (excludes halogenated alkanes) is 11. The van der Waals surface area contributed by atoms with Gasteiger partial charge >= 0.3 is 5.97 Å². The van der Waals surface area contributed by atoms with E-state index in [1.165, 1.54) is 68.9 Å². The molecule has 0 aromatic heterocycles. The molecule has 0 heterocycles. The van der Waals surface area contributed by atoms with Gasteiger partial charge in [0.25, 0.3) is 0 Å². The topological polar surface area (TPSA) is 44.8 Å².